The van der Waals surface area contributed by atoms with Crippen molar-refractivity contribution in [2.75, 3.05) is 19.8 Å². The maximum Gasteiger partial charge on any atom is 0.315 e. The predicted octanol–water partition coefficient (Wildman–Crippen LogP) is 2.22. The van der Waals surface area contributed by atoms with Crippen molar-refractivity contribution in [1.29, 1.82) is 0 Å². The summed E-state index contributed by atoms with van der Waals surface area (Å²) in [5.41, 5.74) is 1.88. The monoisotopic (exact) mass is 276 g/mol. The summed E-state index contributed by atoms with van der Waals surface area (Å²) in [5, 5.41) is 5.51. The third-order valence-electron chi connectivity index (χ3n) is 2.82. The Bertz CT molecular complexity index is 500. The molecule has 0 atom stereocenters. The molecule has 5 heteroatoms. The van der Waals surface area contributed by atoms with Gasteiger partial charge in [-0.15, -0.1) is 0 Å². The van der Waals surface area contributed by atoms with E-state index in [4.69, 9.17) is 9.47 Å². The normalized spacial score (nSPS) is 13.2. The van der Waals surface area contributed by atoms with Crippen LogP contribution in [0.15, 0.2) is 30.4 Å². The first kappa shape index (κ1) is 14.2. The van der Waals surface area contributed by atoms with Gasteiger partial charge >= 0.3 is 6.03 Å². The molecule has 0 aromatic heterocycles. The number of nitrogens with one attached hydrogen (secondary N) is 2. The molecule has 0 spiro atoms. The van der Waals surface area contributed by atoms with Gasteiger partial charge in [-0.25, -0.2) is 4.79 Å². The molecule has 2 N–H and O–H groups in total. The maximum absolute atomic E-state index is 11.5. The highest BCUT2D eigenvalue weighted by Gasteiger charge is 2.10. The molecule has 2 amide bonds. The van der Waals surface area contributed by atoms with Crippen molar-refractivity contribution in [2.45, 2.75) is 19.9 Å². The van der Waals surface area contributed by atoms with Crippen molar-refractivity contribution in [2.24, 2.45) is 0 Å². The van der Waals surface area contributed by atoms with Gasteiger partial charge in [-0.1, -0.05) is 18.2 Å². The summed E-state index contributed by atoms with van der Waals surface area (Å²) in [6.45, 7) is 7.85. The van der Waals surface area contributed by atoms with E-state index < -0.39 is 0 Å². The first-order chi connectivity index (χ1) is 9.65. The Hall–Kier alpha value is -2.17. The lowest BCUT2D eigenvalue weighted by atomic mass is 10.2. The Labute approximate surface area is 119 Å². The lowest BCUT2D eigenvalue weighted by Crippen LogP contribution is -2.35. The molecular weight excluding hydrogens is 256 g/mol. The van der Waals surface area contributed by atoms with Crippen LogP contribution in [-0.2, 0) is 6.54 Å². The third kappa shape index (κ3) is 4.19. The summed E-state index contributed by atoms with van der Waals surface area (Å²) in [4.78, 5) is 11.5. The van der Waals surface area contributed by atoms with Crippen LogP contribution in [0.3, 0.4) is 0 Å². The molecule has 20 heavy (non-hydrogen) atoms. The zero-order chi connectivity index (χ0) is 14.4. The van der Waals surface area contributed by atoms with E-state index in [2.05, 4.69) is 17.2 Å². The molecule has 2 rings (SSSR count). The van der Waals surface area contributed by atoms with Crippen molar-refractivity contribution < 1.29 is 14.3 Å². The fraction of sp³-hybridized carbons (Fsp3) is 0.400. The highest BCUT2D eigenvalue weighted by atomic mass is 16.5. The lowest BCUT2D eigenvalue weighted by Gasteiger charge is -2.11. The van der Waals surface area contributed by atoms with E-state index in [9.17, 15) is 4.79 Å². The number of benzene rings is 1. The molecule has 1 aliphatic rings. The second-order valence-corrected chi connectivity index (χ2v) is 4.82. The average molecular weight is 276 g/mol. The van der Waals surface area contributed by atoms with Crippen LogP contribution >= 0.6 is 0 Å². The van der Waals surface area contributed by atoms with Crippen LogP contribution in [-0.4, -0.2) is 25.8 Å². The van der Waals surface area contributed by atoms with Crippen molar-refractivity contribution in [3.8, 4) is 11.5 Å². The Kier molecular flexibility index (Phi) is 4.87. The largest absolute Gasteiger partial charge is 0.490 e. The Balaban J connectivity index is 1.88. The van der Waals surface area contributed by atoms with Gasteiger partial charge in [0.2, 0.25) is 0 Å². The highest BCUT2D eigenvalue weighted by Crippen LogP contribution is 2.30. The summed E-state index contributed by atoms with van der Waals surface area (Å²) < 4.78 is 11.2. The summed E-state index contributed by atoms with van der Waals surface area (Å²) >= 11 is 0. The quantitative estimate of drug-likeness (QED) is 0.829. The number of rotatable bonds is 4. The number of fused-ring (bicyclic) bond motifs is 1. The second-order valence-electron chi connectivity index (χ2n) is 4.82. The smallest absolute Gasteiger partial charge is 0.315 e. The number of hydrogen-bond acceptors (Lipinski definition) is 3. The molecule has 0 unspecified atom stereocenters. The van der Waals surface area contributed by atoms with Gasteiger partial charge in [0, 0.05) is 19.5 Å². The zero-order valence-electron chi connectivity index (χ0n) is 11.7. The number of carbonyl (C=O) groups is 1. The van der Waals surface area contributed by atoms with E-state index in [-0.39, 0.29) is 6.03 Å². The molecule has 0 bridgehead atoms. The average Bonchev–Trinajstić information content (AvgIpc) is 2.67. The molecule has 0 fully saturated rings. The van der Waals surface area contributed by atoms with Crippen LogP contribution in [0.4, 0.5) is 4.79 Å². The number of ether oxygens (including phenoxy) is 2. The first-order valence-electron chi connectivity index (χ1n) is 6.70. The summed E-state index contributed by atoms with van der Waals surface area (Å²) in [5.74, 6) is 1.50. The predicted molar refractivity (Wildman–Crippen MR) is 77.1 cm³/mol. The maximum atomic E-state index is 11.5. The van der Waals surface area contributed by atoms with E-state index >= 15 is 0 Å². The SMILES string of the molecule is C=C(C)CNC(=O)NCc1ccc2c(c1)OCCCO2. The van der Waals surface area contributed by atoms with Crippen LogP contribution < -0.4 is 20.1 Å². The molecule has 1 aromatic rings. The number of hydrogen-bond donors (Lipinski definition) is 2. The van der Waals surface area contributed by atoms with Crippen molar-refractivity contribution in [3.63, 3.8) is 0 Å². The molecule has 108 valence electrons. The molecule has 0 saturated heterocycles. The van der Waals surface area contributed by atoms with E-state index in [1.165, 1.54) is 0 Å². The van der Waals surface area contributed by atoms with Crippen molar-refractivity contribution in [3.05, 3.63) is 35.9 Å². The van der Waals surface area contributed by atoms with Gasteiger partial charge in [0.25, 0.3) is 0 Å². The summed E-state index contributed by atoms with van der Waals surface area (Å²) in [7, 11) is 0. The fourth-order valence-electron chi connectivity index (χ4n) is 1.79. The van der Waals surface area contributed by atoms with E-state index in [1.54, 1.807) is 0 Å². The summed E-state index contributed by atoms with van der Waals surface area (Å²) in [6.07, 6.45) is 0.881. The molecular formula is C15H20N2O3. The van der Waals surface area contributed by atoms with Gasteiger partial charge in [0.15, 0.2) is 11.5 Å². The van der Waals surface area contributed by atoms with Crippen LogP contribution in [0.5, 0.6) is 11.5 Å². The topological polar surface area (TPSA) is 59.6 Å². The second kappa shape index (κ2) is 6.84. The third-order valence-corrected chi connectivity index (χ3v) is 2.82. The number of urea groups is 1. The molecule has 0 radical (unpaired) electrons. The minimum Gasteiger partial charge on any atom is -0.490 e. The molecule has 1 aliphatic heterocycles. The molecule has 1 heterocycles. The van der Waals surface area contributed by atoms with Gasteiger partial charge in [0.1, 0.15) is 0 Å². The highest BCUT2D eigenvalue weighted by molar-refractivity contribution is 5.74. The molecule has 5 nitrogen and oxygen atoms in total. The molecule has 0 aliphatic carbocycles. The first-order valence-corrected chi connectivity index (χ1v) is 6.70. The molecule has 1 aromatic carbocycles. The Morgan fingerprint density at radius 3 is 2.75 bits per heavy atom. The number of amides is 2. The van der Waals surface area contributed by atoms with Crippen LogP contribution in [0.2, 0.25) is 0 Å². The van der Waals surface area contributed by atoms with Crippen LogP contribution in [0, 0.1) is 0 Å². The standard InChI is InChI=1S/C15H20N2O3/c1-11(2)9-16-15(18)17-10-12-4-5-13-14(8-12)20-7-3-6-19-13/h4-5,8H,1,3,6-7,9-10H2,2H3,(H2,16,17,18). The zero-order valence-corrected chi connectivity index (χ0v) is 11.7. The molecule has 0 saturated carbocycles. The van der Waals surface area contributed by atoms with Gasteiger partial charge in [-0.05, 0) is 24.6 Å². The van der Waals surface area contributed by atoms with Crippen molar-refractivity contribution in [1.82, 2.24) is 10.6 Å². The number of carbonyl (C=O) groups excluding carboxylic acids is 1. The van der Waals surface area contributed by atoms with E-state index in [1.807, 2.05) is 25.1 Å². The van der Waals surface area contributed by atoms with Crippen LogP contribution in [0.25, 0.3) is 0 Å². The van der Waals surface area contributed by atoms with E-state index in [0.717, 1.165) is 29.1 Å². The Morgan fingerprint density at radius 1 is 1.25 bits per heavy atom. The van der Waals surface area contributed by atoms with Gasteiger partial charge < -0.3 is 20.1 Å². The summed E-state index contributed by atoms with van der Waals surface area (Å²) in [6, 6.07) is 5.50. The van der Waals surface area contributed by atoms with Gasteiger partial charge in [-0.2, -0.15) is 0 Å². The minimum atomic E-state index is -0.208. The fourth-order valence-corrected chi connectivity index (χ4v) is 1.79. The Morgan fingerprint density at radius 2 is 2.00 bits per heavy atom. The van der Waals surface area contributed by atoms with Crippen LogP contribution in [0.1, 0.15) is 18.9 Å². The lowest BCUT2D eigenvalue weighted by molar-refractivity contribution is 0.241. The minimum absolute atomic E-state index is 0.208. The van der Waals surface area contributed by atoms with Gasteiger partial charge in [-0.3, -0.25) is 0 Å². The van der Waals surface area contributed by atoms with Crippen molar-refractivity contribution >= 4 is 6.03 Å². The van der Waals surface area contributed by atoms with Gasteiger partial charge in [0.05, 0.1) is 13.2 Å². The van der Waals surface area contributed by atoms with E-state index in [0.29, 0.717) is 26.3 Å².